The van der Waals surface area contributed by atoms with Gasteiger partial charge in [-0.15, -0.1) is 10.2 Å². The summed E-state index contributed by atoms with van der Waals surface area (Å²) in [7, 11) is 3.91. The van der Waals surface area contributed by atoms with Gasteiger partial charge in [-0.3, -0.25) is 0 Å². The Balaban J connectivity index is 1.98. The average molecular weight is 254 g/mol. The van der Waals surface area contributed by atoms with Crippen LogP contribution in [0.15, 0.2) is 0 Å². The van der Waals surface area contributed by atoms with Gasteiger partial charge in [-0.25, -0.2) is 0 Å². The van der Waals surface area contributed by atoms with Gasteiger partial charge in [0, 0.05) is 25.6 Å². The van der Waals surface area contributed by atoms with Crippen molar-refractivity contribution in [2.45, 2.75) is 25.5 Å². The fraction of sp³-hybridized carbons (Fsp3) is 0.909. The zero-order chi connectivity index (χ0) is 13.0. The number of nitrogens with zero attached hydrogens (tertiary/aromatic N) is 5. The summed E-state index contributed by atoms with van der Waals surface area (Å²) in [5.74, 6) is 0.764. The van der Waals surface area contributed by atoms with Crippen LogP contribution in [-0.2, 0) is 18.2 Å². The molecule has 102 valence electrons. The number of nitrogens with one attached hydrogen (secondary N) is 1. The molecule has 1 aliphatic rings. The van der Waals surface area contributed by atoms with Crippen LogP contribution in [0.25, 0.3) is 0 Å². The van der Waals surface area contributed by atoms with Gasteiger partial charge in [0.25, 0.3) is 0 Å². The lowest BCUT2D eigenvalue weighted by atomic mass is 10.1. The number of aryl methyl sites for hydroxylation is 1. The minimum atomic E-state index is 0.188. The van der Waals surface area contributed by atoms with E-state index in [-0.39, 0.29) is 12.1 Å². The molecule has 0 saturated carbocycles. The van der Waals surface area contributed by atoms with Gasteiger partial charge in [-0.1, -0.05) is 6.92 Å². The average Bonchev–Trinajstić information content (AvgIpc) is 2.74. The lowest BCUT2D eigenvalue weighted by Crippen LogP contribution is -2.52. The van der Waals surface area contributed by atoms with Gasteiger partial charge in [0.1, 0.15) is 0 Å². The number of morpholine rings is 1. The van der Waals surface area contributed by atoms with Crippen LogP contribution in [0.1, 0.15) is 12.7 Å². The van der Waals surface area contributed by atoms with Crippen LogP contribution in [0, 0.1) is 0 Å². The number of aromatic nitrogens is 4. The quantitative estimate of drug-likeness (QED) is 0.731. The number of ether oxygens (including phenoxy) is 1. The summed E-state index contributed by atoms with van der Waals surface area (Å²) in [5, 5.41) is 15.6. The van der Waals surface area contributed by atoms with E-state index in [1.807, 2.05) is 0 Å². The Labute approximate surface area is 107 Å². The second-order valence-electron chi connectivity index (χ2n) is 4.73. The molecule has 1 aromatic heterocycles. The van der Waals surface area contributed by atoms with Gasteiger partial charge in [0.15, 0.2) is 5.82 Å². The molecule has 1 aliphatic heterocycles. The lowest BCUT2D eigenvalue weighted by molar-refractivity contribution is -0.0384. The summed E-state index contributed by atoms with van der Waals surface area (Å²) in [6.45, 7) is 5.74. The number of hydrogen-bond donors (Lipinski definition) is 1. The third kappa shape index (κ3) is 3.47. The molecular formula is C11H22N6O. The van der Waals surface area contributed by atoms with Crippen LogP contribution in [0.4, 0.5) is 0 Å². The molecule has 2 atom stereocenters. The molecule has 0 spiro atoms. The van der Waals surface area contributed by atoms with Crippen LogP contribution < -0.4 is 5.32 Å². The van der Waals surface area contributed by atoms with Crippen molar-refractivity contribution >= 4 is 0 Å². The van der Waals surface area contributed by atoms with E-state index in [0.717, 1.165) is 38.5 Å². The molecule has 2 heterocycles. The molecule has 1 N–H and O–H groups in total. The fourth-order valence-corrected chi connectivity index (χ4v) is 2.25. The topological polar surface area (TPSA) is 68.1 Å². The zero-order valence-corrected chi connectivity index (χ0v) is 11.3. The van der Waals surface area contributed by atoms with Crippen LogP contribution >= 0.6 is 0 Å². The SMILES string of the molecule is CCNC(Cc1nnn(C)n1)C1CN(C)CCO1. The van der Waals surface area contributed by atoms with Crippen molar-refractivity contribution in [2.24, 2.45) is 7.05 Å². The van der Waals surface area contributed by atoms with Crippen LogP contribution in [0.3, 0.4) is 0 Å². The van der Waals surface area contributed by atoms with Crippen molar-refractivity contribution in [1.29, 1.82) is 0 Å². The molecule has 0 amide bonds. The Morgan fingerprint density at radius 3 is 2.94 bits per heavy atom. The van der Waals surface area contributed by atoms with Gasteiger partial charge < -0.3 is 15.0 Å². The Hall–Kier alpha value is -1.05. The first-order chi connectivity index (χ1) is 8.69. The highest BCUT2D eigenvalue weighted by Crippen LogP contribution is 2.10. The Morgan fingerprint density at radius 2 is 2.33 bits per heavy atom. The lowest BCUT2D eigenvalue weighted by Gasteiger charge is -2.35. The van der Waals surface area contributed by atoms with E-state index in [9.17, 15) is 0 Å². The number of hydrogen-bond acceptors (Lipinski definition) is 6. The third-order valence-corrected chi connectivity index (χ3v) is 3.16. The second-order valence-corrected chi connectivity index (χ2v) is 4.73. The van der Waals surface area contributed by atoms with Gasteiger partial charge in [0.2, 0.25) is 0 Å². The van der Waals surface area contributed by atoms with E-state index in [1.165, 1.54) is 4.80 Å². The molecule has 0 aliphatic carbocycles. The van der Waals surface area contributed by atoms with E-state index in [0.29, 0.717) is 0 Å². The molecular weight excluding hydrogens is 232 g/mol. The monoisotopic (exact) mass is 254 g/mol. The van der Waals surface area contributed by atoms with E-state index >= 15 is 0 Å². The summed E-state index contributed by atoms with van der Waals surface area (Å²) in [6.07, 6.45) is 0.938. The molecule has 2 unspecified atom stereocenters. The maximum atomic E-state index is 5.86. The molecule has 0 aromatic carbocycles. The summed E-state index contributed by atoms with van der Waals surface area (Å²) in [4.78, 5) is 3.79. The molecule has 1 saturated heterocycles. The third-order valence-electron chi connectivity index (χ3n) is 3.16. The van der Waals surface area contributed by atoms with Crippen molar-refractivity contribution < 1.29 is 4.74 Å². The molecule has 7 heteroatoms. The molecule has 1 aromatic rings. The molecule has 7 nitrogen and oxygen atoms in total. The Kier molecular flexibility index (Phi) is 4.62. The van der Waals surface area contributed by atoms with Gasteiger partial charge in [-0.2, -0.15) is 4.80 Å². The first-order valence-electron chi connectivity index (χ1n) is 6.45. The summed E-state index contributed by atoms with van der Waals surface area (Å²) in [6, 6.07) is 0.238. The van der Waals surface area contributed by atoms with Gasteiger partial charge >= 0.3 is 0 Å². The largest absolute Gasteiger partial charge is 0.374 e. The second kappa shape index (κ2) is 6.21. The molecule has 0 bridgehead atoms. The summed E-state index contributed by atoms with van der Waals surface area (Å²) < 4.78 is 5.86. The van der Waals surface area contributed by atoms with Crippen molar-refractivity contribution in [3.05, 3.63) is 5.82 Å². The van der Waals surface area contributed by atoms with E-state index in [1.54, 1.807) is 7.05 Å². The van der Waals surface area contributed by atoms with Crippen molar-refractivity contribution in [1.82, 2.24) is 30.4 Å². The van der Waals surface area contributed by atoms with Crippen molar-refractivity contribution in [2.75, 3.05) is 33.3 Å². The standard InChI is InChI=1S/C11H22N6O/c1-4-12-9(7-11-13-15-17(3)14-11)10-8-16(2)5-6-18-10/h9-10,12H,4-8H2,1-3H3. The zero-order valence-electron chi connectivity index (χ0n) is 11.3. The van der Waals surface area contributed by atoms with Crippen molar-refractivity contribution in [3.63, 3.8) is 0 Å². The summed E-state index contributed by atoms with van der Waals surface area (Å²) in [5.41, 5.74) is 0. The van der Waals surface area contributed by atoms with Gasteiger partial charge in [-0.05, 0) is 18.8 Å². The molecule has 1 fully saturated rings. The minimum absolute atomic E-state index is 0.188. The normalized spacial score (nSPS) is 23.2. The maximum Gasteiger partial charge on any atom is 0.176 e. The van der Waals surface area contributed by atoms with E-state index in [4.69, 9.17) is 4.74 Å². The summed E-state index contributed by atoms with van der Waals surface area (Å²) >= 11 is 0. The van der Waals surface area contributed by atoms with E-state index in [2.05, 4.69) is 39.6 Å². The highest BCUT2D eigenvalue weighted by atomic mass is 16.5. The van der Waals surface area contributed by atoms with Gasteiger partial charge in [0.05, 0.1) is 19.8 Å². The molecule has 0 radical (unpaired) electrons. The highest BCUT2D eigenvalue weighted by Gasteiger charge is 2.27. The van der Waals surface area contributed by atoms with Crippen LogP contribution in [0.2, 0.25) is 0 Å². The molecule has 18 heavy (non-hydrogen) atoms. The van der Waals surface area contributed by atoms with E-state index < -0.39 is 0 Å². The Bertz CT molecular complexity index is 368. The fourth-order valence-electron chi connectivity index (χ4n) is 2.25. The smallest absolute Gasteiger partial charge is 0.176 e. The van der Waals surface area contributed by atoms with Crippen LogP contribution in [-0.4, -0.2) is 70.5 Å². The predicted octanol–water partition coefficient (Wildman–Crippen LogP) is -0.939. The first-order valence-corrected chi connectivity index (χ1v) is 6.45. The first kappa shape index (κ1) is 13.4. The molecule has 2 rings (SSSR count). The maximum absolute atomic E-state index is 5.86. The highest BCUT2D eigenvalue weighted by molar-refractivity contribution is 4.91. The number of rotatable bonds is 5. The predicted molar refractivity (Wildman–Crippen MR) is 67.2 cm³/mol. The number of tetrazole rings is 1. The van der Waals surface area contributed by atoms with Crippen molar-refractivity contribution in [3.8, 4) is 0 Å². The minimum Gasteiger partial charge on any atom is -0.374 e. The Morgan fingerprint density at radius 1 is 1.50 bits per heavy atom. The number of likely N-dealkylation sites (N-methyl/N-ethyl adjacent to an activating group) is 2. The van der Waals surface area contributed by atoms with Crippen LogP contribution in [0.5, 0.6) is 0 Å².